The third-order valence-corrected chi connectivity index (χ3v) is 3.39. The fourth-order valence-electron chi connectivity index (χ4n) is 2.04. The van der Waals surface area contributed by atoms with Crippen molar-refractivity contribution in [3.63, 3.8) is 0 Å². The molecule has 8 nitrogen and oxygen atoms in total. The molecular formula is C18H20N4O4. The van der Waals surface area contributed by atoms with Crippen LogP contribution in [0.3, 0.4) is 0 Å². The Morgan fingerprint density at radius 2 is 1.88 bits per heavy atom. The molecule has 1 atom stereocenters. The standard InChI is InChI=1S/C18H20N4O4/c1-12(23)14-5-3-6-15(11-14)22-17(25)13(2)26-16(24)7-10-21-18-19-8-4-9-20-18/h3-6,8-9,11,13H,7,10H2,1-2H3,(H,22,25)(H,19,20,21). The zero-order valence-electron chi connectivity index (χ0n) is 14.6. The van der Waals surface area contributed by atoms with Gasteiger partial charge in [-0.15, -0.1) is 0 Å². The molecule has 0 aliphatic rings. The number of hydrogen-bond donors (Lipinski definition) is 2. The minimum Gasteiger partial charge on any atom is -0.452 e. The second kappa shape index (κ2) is 9.26. The number of amides is 1. The van der Waals surface area contributed by atoms with E-state index < -0.39 is 18.0 Å². The van der Waals surface area contributed by atoms with Crippen LogP contribution in [0.5, 0.6) is 0 Å². The van der Waals surface area contributed by atoms with E-state index in [1.165, 1.54) is 13.8 Å². The molecule has 1 amide bonds. The first-order valence-electron chi connectivity index (χ1n) is 8.08. The summed E-state index contributed by atoms with van der Waals surface area (Å²) in [5.74, 6) is -0.682. The molecule has 1 aromatic heterocycles. The summed E-state index contributed by atoms with van der Waals surface area (Å²) in [7, 11) is 0. The van der Waals surface area contributed by atoms with Gasteiger partial charge in [-0.3, -0.25) is 14.4 Å². The maximum atomic E-state index is 12.1. The average molecular weight is 356 g/mol. The number of esters is 1. The largest absolute Gasteiger partial charge is 0.452 e. The van der Waals surface area contributed by atoms with Crippen molar-refractivity contribution in [2.45, 2.75) is 26.4 Å². The molecule has 1 heterocycles. The summed E-state index contributed by atoms with van der Waals surface area (Å²) < 4.78 is 5.10. The van der Waals surface area contributed by atoms with Gasteiger partial charge in [0.2, 0.25) is 5.95 Å². The monoisotopic (exact) mass is 356 g/mol. The molecule has 0 bridgehead atoms. The van der Waals surface area contributed by atoms with Crippen LogP contribution in [0.2, 0.25) is 0 Å². The molecule has 2 rings (SSSR count). The summed E-state index contributed by atoms with van der Waals surface area (Å²) in [6, 6.07) is 8.23. The van der Waals surface area contributed by atoms with Crippen LogP contribution >= 0.6 is 0 Å². The van der Waals surface area contributed by atoms with Crippen LogP contribution < -0.4 is 10.6 Å². The summed E-state index contributed by atoms with van der Waals surface area (Å²) in [6.45, 7) is 3.22. The molecule has 8 heteroatoms. The Bertz CT molecular complexity index is 780. The van der Waals surface area contributed by atoms with Crippen molar-refractivity contribution in [1.29, 1.82) is 0 Å². The van der Waals surface area contributed by atoms with Gasteiger partial charge in [-0.1, -0.05) is 12.1 Å². The van der Waals surface area contributed by atoms with Crippen LogP contribution in [0, 0.1) is 0 Å². The van der Waals surface area contributed by atoms with Gasteiger partial charge in [-0.25, -0.2) is 9.97 Å². The van der Waals surface area contributed by atoms with E-state index in [9.17, 15) is 14.4 Å². The lowest BCUT2D eigenvalue weighted by molar-refractivity contribution is -0.152. The first-order valence-corrected chi connectivity index (χ1v) is 8.08. The maximum absolute atomic E-state index is 12.1. The second-order valence-electron chi connectivity index (χ2n) is 5.51. The number of ketones is 1. The molecule has 26 heavy (non-hydrogen) atoms. The summed E-state index contributed by atoms with van der Waals surface area (Å²) in [5, 5.41) is 5.50. The summed E-state index contributed by atoms with van der Waals surface area (Å²) in [5.41, 5.74) is 0.954. The number of nitrogens with zero attached hydrogens (tertiary/aromatic N) is 2. The summed E-state index contributed by atoms with van der Waals surface area (Å²) in [4.78, 5) is 43.2. The molecule has 0 spiro atoms. The van der Waals surface area contributed by atoms with Gasteiger partial charge in [0, 0.05) is 30.2 Å². The predicted molar refractivity (Wildman–Crippen MR) is 95.8 cm³/mol. The highest BCUT2D eigenvalue weighted by molar-refractivity contribution is 5.98. The van der Waals surface area contributed by atoms with E-state index in [1.54, 1.807) is 42.7 Å². The molecule has 1 unspecified atom stereocenters. The second-order valence-corrected chi connectivity index (χ2v) is 5.51. The third-order valence-electron chi connectivity index (χ3n) is 3.39. The van der Waals surface area contributed by atoms with E-state index in [0.29, 0.717) is 17.2 Å². The highest BCUT2D eigenvalue weighted by Crippen LogP contribution is 2.12. The van der Waals surface area contributed by atoms with Crippen molar-refractivity contribution < 1.29 is 19.1 Å². The number of rotatable bonds is 8. The average Bonchev–Trinajstić information content (AvgIpc) is 2.62. The molecule has 0 aliphatic carbocycles. The first kappa shape index (κ1) is 19.0. The zero-order valence-corrected chi connectivity index (χ0v) is 14.6. The molecule has 2 N–H and O–H groups in total. The molecule has 2 aromatic rings. The first-order chi connectivity index (χ1) is 12.5. The van der Waals surface area contributed by atoms with Gasteiger partial charge in [0.15, 0.2) is 11.9 Å². The van der Waals surface area contributed by atoms with Crippen LogP contribution in [0.1, 0.15) is 30.6 Å². The van der Waals surface area contributed by atoms with Gasteiger partial charge >= 0.3 is 5.97 Å². The van der Waals surface area contributed by atoms with Crippen LogP contribution in [0.4, 0.5) is 11.6 Å². The Labute approximate surface area is 151 Å². The fraction of sp³-hybridized carbons (Fsp3) is 0.278. The van der Waals surface area contributed by atoms with Crippen molar-refractivity contribution in [2.24, 2.45) is 0 Å². The Balaban J connectivity index is 1.78. The fourth-order valence-corrected chi connectivity index (χ4v) is 2.04. The number of hydrogen-bond acceptors (Lipinski definition) is 7. The number of anilines is 2. The lowest BCUT2D eigenvalue weighted by Crippen LogP contribution is -2.30. The molecule has 0 saturated carbocycles. The van der Waals surface area contributed by atoms with Gasteiger partial charge in [0.1, 0.15) is 0 Å². The van der Waals surface area contributed by atoms with Crippen molar-refractivity contribution >= 4 is 29.3 Å². The minimum atomic E-state index is -0.962. The Hall–Kier alpha value is -3.29. The smallest absolute Gasteiger partial charge is 0.308 e. The van der Waals surface area contributed by atoms with Crippen LogP contribution in [0.15, 0.2) is 42.7 Å². The summed E-state index contributed by atoms with van der Waals surface area (Å²) in [6.07, 6.45) is 2.27. The van der Waals surface area contributed by atoms with Gasteiger partial charge in [-0.05, 0) is 32.0 Å². The maximum Gasteiger partial charge on any atom is 0.308 e. The van der Waals surface area contributed by atoms with E-state index in [1.807, 2.05) is 0 Å². The molecule has 1 aromatic carbocycles. The highest BCUT2D eigenvalue weighted by Gasteiger charge is 2.18. The third kappa shape index (κ3) is 5.97. The Kier molecular flexibility index (Phi) is 6.78. The normalized spacial score (nSPS) is 11.3. The molecular weight excluding hydrogens is 336 g/mol. The molecule has 0 radical (unpaired) electrons. The van der Waals surface area contributed by atoms with E-state index in [2.05, 4.69) is 20.6 Å². The van der Waals surface area contributed by atoms with Crippen molar-refractivity contribution in [2.75, 3.05) is 17.2 Å². The number of nitrogens with one attached hydrogen (secondary N) is 2. The lowest BCUT2D eigenvalue weighted by atomic mass is 10.1. The highest BCUT2D eigenvalue weighted by atomic mass is 16.5. The van der Waals surface area contributed by atoms with Crippen LogP contribution in [-0.2, 0) is 14.3 Å². The number of ether oxygens (including phenoxy) is 1. The minimum absolute atomic E-state index is 0.0652. The predicted octanol–water partition coefficient (Wildman–Crippen LogP) is 2.05. The van der Waals surface area contributed by atoms with Gasteiger partial charge in [0.25, 0.3) is 5.91 Å². The van der Waals surface area contributed by atoms with Crippen LogP contribution in [-0.4, -0.2) is 40.3 Å². The molecule has 0 saturated heterocycles. The van der Waals surface area contributed by atoms with E-state index in [-0.39, 0.29) is 18.7 Å². The quantitative estimate of drug-likeness (QED) is 0.550. The number of aromatic nitrogens is 2. The van der Waals surface area contributed by atoms with Crippen LogP contribution in [0.25, 0.3) is 0 Å². The number of benzene rings is 1. The number of carbonyl (C=O) groups excluding carboxylic acids is 3. The van der Waals surface area contributed by atoms with Crippen molar-refractivity contribution in [3.8, 4) is 0 Å². The van der Waals surface area contributed by atoms with E-state index in [0.717, 1.165) is 0 Å². The topological polar surface area (TPSA) is 110 Å². The van der Waals surface area contributed by atoms with Gasteiger partial charge in [-0.2, -0.15) is 0 Å². The zero-order chi connectivity index (χ0) is 18.9. The Morgan fingerprint density at radius 1 is 1.15 bits per heavy atom. The van der Waals surface area contributed by atoms with E-state index in [4.69, 9.17) is 4.74 Å². The number of carbonyl (C=O) groups is 3. The molecule has 0 fully saturated rings. The summed E-state index contributed by atoms with van der Waals surface area (Å²) >= 11 is 0. The van der Waals surface area contributed by atoms with E-state index >= 15 is 0 Å². The Morgan fingerprint density at radius 3 is 2.58 bits per heavy atom. The number of Topliss-reactive ketones (excluding diaryl/α,β-unsaturated/α-hetero) is 1. The van der Waals surface area contributed by atoms with Gasteiger partial charge < -0.3 is 15.4 Å². The van der Waals surface area contributed by atoms with Crippen molar-refractivity contribution in [3.05, 3.63) is 48.3 Å². The van der Waals surface area contributed by atoms with Crippen molar-refractivity contribution in [1.82, 2.24) is 9.97 Å². The lowest BCUT2D eigenvalue weighted by Gasteiger charge is -2.14. The molecule has 136 valence electrons. The van der Waals surface area contributed by atoms with Gasteiger partial charge in [0.05, 0.1) is 6.42 Å². The SMILES string of the molecule is CC(=O)c1cccc(NC(=O)C(C)OC(=O)CCNc2ncccn2)c1. The molecule has 0 aliphatic heterocycles.